The van der Waals surface area contributed by atoms with Gasteiger partial charge in [-0.25, -0.2) is 4.98 Å². The Hall–Kier alpha value is -2.54. The van der Waals surface area contributed by atoms with Gasteiger partial charge in [0, 0.05) is 0 Å². The summed E-state index contributed by atoms with van der Waals surface area (Å²) in [6.45, 7) is 4.58. The first-order valence-corrected chi connectivity index (χ1v) is 6.50. The average Bonchev–Trinajstić information content (AvgIpc) is 2.47. The van der Waals surface area contributed by atoms with E-state index in [2.05, 4.69) is 10.3 Å². The normalized spacial score (nSPS) is 11.4. The summed E-state index contributed by atoms with van der Waals surface area (Å²) in [5, 5.41) is 12.0. The molecule has 0 radical (unpaired) electrons. The lowest BCUT2D eigenvalue weighted by atomic mass is 10.2. The van der Waals surface area contributed by atoms with Crippen LogP contribution in [0.3, 0.4) is 0 Å². The Kier molecular flexibility index (Phi) is 4.56. The number of anilines is 1. The standard InChI is InChI=1S/C16H17N3O/c1-12-6-8-15(9-7-12)20-11-13(2)18-16-5-3-4-14(10-17)19-16/h3-9,13H,11H2,1-2H3,(H,18,19). The Morgan fingerprint density at radius 3 is 2.70 bits per heavy atom. The molecule has 0 bridgehead atoms. The predicted octanol–water partition coefficient (Wildman–Crippen LogP) is 3.14. The molecule has 1 atom stereocenters. The minimum absolute atomic E-state index is 0.0951. The van der Waals surface area contributed by atoms with Crippen molar-refractivity contribution in [3.63, 3.8) is 0 Å². The molecule has 0 fully saturated rings. The highest BCUT2D eigenvalue weighted by Gasteiger charge is 2.05. The minimum atomic E-state index is 0.0951. The van der Waals surface area contributed by atoms with Crippen molar-refractivity contribution in [2.24, 2.45) is 0 Å². The van der Waals surface area contributed by atoms with Gasteiger partial charge in [-0.1, -0.05) is 23.8 Å². The molecule has 0 spiro atoms. The van der Waals surface area contributed by atoms with Crippen molar-refractivity contribution < 1.29 is 4.74 Å². The van der Waals surface area contributed by atoms with Crippen LogP contribution in [0, 0.1) is 18.3 Å². The lowest BCUT2D eigenvalue weighted by Gasteiger charge is -2.15. The average molecular weight is 267 g/mol. The Balaban J connectivity index is 1.87. The molecule has 1 N–H and O–H groups in total. The number of aryl methyl sites for hydroxylation is 1. The number of aromatic nitrogens is 1. The molecule has 0 aliphatic heterocycles. The van der Waals surface area contributed by atoms with Gasteiger partial charge in [0.15, 0.2) is 0 Å². The second-order valence-electron chi connectivity index (χ2n) is 4.69. The number of hydrogen-bond acceptors (Lipinski definition) is 4. The highest BCUT2D eigenvalue weighted by molar-refractivity contribution is 5.39. The van der Waals surface area contributed by atoms with E-state index in [0.717, 1.165) is 5.75 Å². The first-order valence-electron chi connectivity index (χ1n) is 6.50. The molecule has 4 heteroatoms. The van der Waals surface area contributed by atoms with E-state index in [-0.39, 0.29) is 6.04 Å². The van der Waals surface area contributed by atoms with Gasteiger partial charge in [0.1, 0.15) is 29.9 Å². The molecule has 0 amide bonds. The summed E-state index contributed by atoms with van der Waals surface area (Å²) < 4.78 is 5.70. The topological polar surface area (TPSA) is 57.9 Å². The predicted molar refractivity (Wildman–Crippen MR) is 78.7 cm³/mol. The number of nitrogens with zero attached hydrogens (tertiary/aromatic N) is 2. The largest absolute Gasteiger partial charge is 0.491 e. The van der Waals surface area contributed by atoms with Crippen LogP contribution in [-0.4, -0.2) is 17.6 Å². The van der Waals surface area contributed by atoms with E-state index in [0.29, 0.717) is 18.1 Å². The summed E-state index contributed by atoms with van der Waals surface area (Å²) in [6, 6.07) is 15.4. The van der Waals surface area contributed by atoms with Crippen molar-refractivity contribution in [2.45, 2.75) is 19.9 Å². The van der Waals surface area contributed by atoms with Gasteiger partial charge >= 0.3 is 0 Å². The first-order chi connectivity index (χ1) is 9.67. The molecule has 102 valence electrons. The zero-order valence-electron chi connectivity index (χ0n) is 11.6. The first kappa shape index (κ1) is 13.9. The molecular formula is C16H17N3O. The van der Waals surface area contributed by atoms with E-state index in [1.807, 2.05) is 50.2 Å². The summed E-state index contributed by atoms with van der Waals surface area (Å²) >= 11 is 0. The van der Waals surface area contributed by atoms with Crippen molar-refractivity contribution in [1.29, 1.82) is 5.26 Å². The summed E-state index contributed by atoms with van der Waals surface area (Å²) in [5.74, 6) is 1.53. The molecular weight excluding hydrogens is 250 g/mol. The molecule has 4 nitrogen and oxygen atoms in total. The number of rotatable bonds is 5. The molecule has 2 aromatic rings. The van der Waals surface area contributed by atoms with Crippen molar-refractivity contribution in [2.75, 3.05) is 11.9 Å². The maximum absolute atomic E-state index is 8.81. The highest BCUT2D eigenvalue weighted by Crippen LogP contribution is 2.12. The Morgan fingerprint density at radius 2 is 2.00 bits per heavy atom. The van der Waals surface area contributed by atoms with E-state index in [4.69, 9.17) is 10.00 Å². The van der Waals surface area contributed by atoms with E-state index >= 15 is 0 Å². The Bertz CT molecular complexity index is 602. The van der Waals surface area contributed by atoms with Gasteiger partial charge in [-0.15, -0.1) is 0 Å². The van der Waals surface area contributed by atoms with Crippen molar-refractivity contribution in [1.82, 2.24) is 4.98 Å². The lowest BCUT2D eigenvalue weighted by molar-refractivity contribution is 0.303. The van der Waals surface area contributed by atoms with Crippen LogP contribution in [0.5, 0.6) is 5.75 Å². The highest BCUT2D eigenvalue weighted by atomic mass is 16.5. The molecule has 2 rings (SSSR count). The lowest BCUT2D eigenvalue weighted by Crippen LogP contribution is -2.24. The van der Waals surface area contributed by atoms with Gasteiger partial charge in [0.05, 0.1) is 6.04 Å². The molecule has 1 aromatic carbocycles. The van der Waals surface area contributed by atoms with Gasteiger partial charge in [0.2, 0.25) is 0 Å². The summed E-state index contributed by atoms with van der Waals surface area (Å²) in [4.78, 5) is 4.17. The monoisotopic (exact) mass is 267 g/mol. The maximum atomic E-state index is 8.81. The third kappa shape index (κ3) is 3.99. The van der Waals surface area contributed by atoms with Crippen LogP contribution in [-0.2, 0) is 0 Å². The molecule has 20 heavy (non-hydrogen) atoms. The Morgan fingerprint density at radius 1 is 1.25 bits per heavy atom. The number of benzene rings is 1. The fraction of sp³-hybridized carbons (Fsp3) is 0.250. The molecule has 1 unspecified atom stereocenters. The van der Waals surface area contributed by atoms with Gasteiger partial charge in [0.25, 0.3) is 0 Å². The van der Waals surface area contributed by atoms with Gasteiger partial charge in [-0.05, 0) is 38.1 Å². The van der Waals surface area contributed by atoms with Crippen molar-refractivity contribution >= 4 is 5.82 Å². The zero-order chi connectivity index (χ0) is 14.4. The summed E-state index contributed by atoms with van der Waals surface area (Å²) in [7, 11) is 0. The van der Waals surface area contributed by atoms with Crippen LogP contribution in [0.4, 0.5) is 5.82 Å². The molecule has 1 aromatic heterocycles. The Labute approximate surface area is 119 Å². The van der Waals surface area contributed by atoms with Gasteiger partial charge in [-0.3, -0.25) is 0 Å². The number of nitrogens with one attached hydrogen (secondary N) is 1. The van der Waals surface area contributed by atoms with Crippen LogP contribution in [0.25, 0.3) is 0 Å². The second kappa shape index (κ2) is 6.58. The summed E-state index contributed by atoms with van der Waals surface area (Å²) in [5.41, 5.74) is 1.61. The number of ether oxygens (including phenoxy) is 1. The minimum Gasteiger partial charge on any atom is -0.491 e. The van der Waals surface area contributed by atoms with Crippen LogP contribution >= 0.6 is 0 Å². The molecule has 1 heterocycles. The smallest absolute Gasteiger partial charge is 0.142 e. The van der Waals surface area contributed by atoms with Gasteiger partial charge < -0.3 is 10.1 Å². The SMILES string of the molecule is Cc1ccc(OCC(C)Nc2cccc(C#N)n2)cc1. The zero-order valence-corrected chi connectivity index (χ0v) is 11.6. The van der Waals surface area contributed by atoms with E-state index < -0.39 is 0 Å². The number of hydrogen-bond donors (Lipinski definition) is 1. The van der Waals surface area contributed by atoms with Gasteiger partial charge in [-0.2, -0.15) is 5.26 Å². The molecule has 0 aliphatic carbocycles. The fourth-order valence-corrected chi connectivity index (χ4v) is 1.73. The molecule has 0 saturated heterocycles. The van der Waals surface area contributed by atoms with E-state index in [1.54, 1.807) is 12.1 Å². The van der Waals surface area contributed by atoms with Crippen LogP contribution in [0.2, 0.25) is 0 Å². The van der Waals surface area contributed by atoms with Crippen molar-refractivity contribution in [3.05, 3.63) is 53.7 Å². The fourth-order valence-electron chi connectivity index (χ4n) is 1.73. The van der Waals surface area contributed by atoms with Crippen LogP contribution in [0.1, 0.15) is 18.2 Å². The van der Waals surface area contributed by atoms with Crippen molar-refractivity contribution in [3.8, 4) is 11.8 Å². The third-order valence-electron chi connectivity index (χ3n) is 2.78. The van der Waals surface area contributed by atoms with Crippen LogP contribution < -0.4 is 10.1 Å². The second-order valence-corrected chi connectivity index (χ2v) is 4.69. The molecule has 0 saturated carbocycles. The third-order valence-corrected chi connectivity index (χ3v) is 2.78. The maximum Gasteiger partial charge on any atom is 0.142 e. The number of pyridine rings is 1. The molecule has 0 aliphatic rings. The van der Waals surface area contributed by atoms with E-state index in [1.165, 1.54) is 5.56 Å². The summed E-state index contributed by atoms with van der Waals surface area (Å²) in [6.07, 6.45) is 0. The van der Waals surface area contributed by atoms with E-state index in [9.17, 15) is 0 Å². The van der Waals surface area contributed by atoms with Crippen LogP contribution in [0.15, 0.2) is 42.5 Å². The number of nitriles is 1. The quantitative estimate of drug-likeness (QED) is 0.904.